The molecule has 144 valence electrons. The Bertz CT molecular complexity index is 1170. The number of nitrogens with zero attached hydrogens (tertiary/aromatic N) is 5. The predicted molar refractivity (Wildman–Crippen MR) is 111 cm³/mol. The zero-order chi connectivity index (χ0) is 19.8. The van der Waals surface area contributed by atoms with Gasteiger partial charge in [0, 0.05) is 18.3 Å². The standard InChI is InChI=1S/C21H24N6O/c1-5-10-26-18-9-7-6-8-17(18)24-21(26)25-20(28)15-11-14(4)23-19-16(15)12-22-27(19)13(2)3/h6-9,11-13H,5,10H2,1-4H3,(H,24,25,28). The molecule has 3 aromatic heterocycles. The van der Waals surface area contributed by atoms with E-state index < -0.39 is 0 Å². The van der Waals surface area contributed by atoms with Crippen LogP contribution in [0.1, 0.15) is 49.3 Å². The predicted octanol–water partition coefficient (Wildman–Crippen LogP) is 4.33. The summed E-state index contributed by atoms with van der Waals surface area (Å²) in [5, 5.41) is 8.17. The van der Waals surface area contributed by atoms with Crippen molar-refractivity contribution in [2.24, 2.45) is 0 Å². The third kappa shape index (κ3) is 3.02. The van der Waals surface area contributed by atoms with E-state index in [0.29, 0.717) is 11.5 Å². The summed E-state index contributed by atoms with van der Waals surface area (Å²) in [5.41, 5.74) is 3.95. The van der Waals surface area contributed by atoms with Crippen molar-refractivity contribution in [2.75, 3.05) is 5.32 Å². The molecule has 28 heavy (non-hydrogen) atoms. The molecule has 0 aliphatic rings. The smallest absolute Gasteiger partial charge is 0.258 e. The molecule has 0 aliphatic heterocycles. The van der Waals surface area contributed by atoms with Crippen molar-refractivity contribution >= 4 is 33.9 Å². The first-order valence-electron chi connectivity index (χ1n) is 9.61. The lowest BCUT2D eigenvalue weighted by Crippen LogP contribution is -2.17. The van der Waals surface area contributed by atoms with Crippen LogP contribution in [-0.4, -0.2) is 30.2 Å². The van der Waals surface area contributed by atoms with E-state index in [1.165, 1.54) is 0 Å². The van der Waals surface area contributed by atoms with Gasteiger partial charge in [-0.05, 0) is 45.4 Å². The average Bonchev–Trinajstić information content (AvgIpc) is 3.23. The van der Waals surface area contributed by atoms with Crippen LogP contribution in [0.5, 0.6) is 0 Å². The molecular weight excluding hydrogens is 352 g/mol. The summed E-state index contributed by atoms with van der Waals surface area (Å²) in [5.74, 6) is 0.360. The van der Waals surface area contributed by atoms with Gasteiger partial charge in [0.1, 0.15) is 0 Å². The lowest BCUT2D eigenvalue weighted by Gasteiger charge is -2.11. The van der Waals surface area contributed by atoms with Crippen LogP contribution in [0.4, 0.5) is 5.95 Å². The minimum absolute atomic E-state index is 0.163. The number of imidazole rings is 1. The summed E-state index contributed by atoms with van der Waals surface area (Å²) in [6, 6.07) is 9.88. The van der Waals surface area contributed by atoms with Crippen LogP contribution >= 0.6 is 0 Å². The Kier molecular flexibility index (Phi) is 4.58. The van der Waals surface area contributed by atoms with E-state index in [-0.39, 0.29) is 11.9 Å². The number of benzene rings is 1. The van der Waals surface area contributed by atoms with E-state index in [4.69, 9.17) is 0 Å². The lowest BCUT2D eigenvalue weighted by molar-refractivity contribution is 0.102. The summed E-state index contributed by atoms with van der Waals surface area (Å²) in [7, 11) is 0. The lowest BCUT2D eigenvalue weighted by atomic mass is 10.1. The molecule has 3 heterocycles. The highest BCUT2D eigenvalue weighted by Gasteiger charge is 2.19. The molecule has 7 heteroatoms. The molecule has 1 amide bonds. The zero-order valence-electron chi connectivity index (χ0n) is 16.6. The number of para-hydroxylation sites is 2. The van der Waals surface area contributed by atoms with Crippen LogP contribution < -0.4 is 5.32 Å². The zero-order valence-corrected chi connectivity index (χ0v) is 16.6. The summed E-state index contributed by atoms with van der Waals surface area (Å²) in [4.78, 5) is 22.4. The third-order valence-electron chi connectivity index (χ3n) is 4.76. The van der Waals surface area contributed by atoms with Crippen LogP contribution in [0, 0.1) is 6.92 Å². The van der Waals surface area contributed by atoms with Crippen LogP contribution in [0.3, 0.4) is 0 Å². The molecule has 0 unspecified atom stereocenters. The second-order valence-electron chi connectivity index (χ2n) is 7.26. The van der Waals surface area contributed by atoms with Gasteiger partial charge >= 0.3 is 0 Å². The molecule has 0 fully saturated rings. The Balaban J connectivity index is 1.77. The third-order valence-corrected chi connectivity index (χ3v) is 4.76. The van der Waals surface area contributed by atoms with Crippen molar-refractivity contribution in [1.29, 1.82) is 0 Å². The Hall–Kier alpha value is -3.22. The van der Waals surface area contributed by atoms with E-state index in [1.807, 2.05) is 49.7 Å². The quantitative estimate of drug-likeness (QED) is 0.562. The van der Waals surface area contributed by atoms with Gasteiger partial charge in [-0.15, -0.1) is 0 Å². The first-order valence-corrected chi connectivity index (χ1v) is 9.61. The number of carbonyl (C=O) groups is 1. The first-order chi connectivity index (χ1) is 13.5. The summed E-state index contributed by atoms with van der Waals surface area (Å²) in [6.45, 7) is 8.87. The highest BCUT2D eigenvalue weighted by molar-refractivity contribution is 6.11. The fourth-order valence-electron chi connectivity index (χ4n) is 3.50. The number of fused-ring (bicyclic) bond motifs is 2. The van der Waals surface area contributed by atoms with Crippen LogP contribution in [0.2, 0.25) is 0 Å². The number of aryl methyl sites for hydroxylation is 2. The molecule has 4 rings (SSSR count). The molecule has 0 atom stereocenters. The Morgan fingerprint density at radius 2 is 2.00 bits per heavy atom. The van der Waals surface area contributed by atoms with E-state index >= 15 is 0 Å². The van der Waals surface area contributed by atoms with Gasteiger partial charge in [-0.2, -0.15) is 5.10 Å². The van der Waals surface area contributed by atoms with Gasteiger partial charge in [0.25, 0.3) is 5.91 Å². The van der Waals surface area contributed by atoms with Crippen molar-refractivity contribution in [3.8, 4) is 0 Å². The molecule has 0 aliphatic carbocycles. The van der Waals surface area contributed by atoms with Crippen LogP contribution in [0.15, 0.2) is 36.5 Å². The monoisotopic (exact) mass is 376 g/mol. The Morgan fingerprint density at radius 1 is 1.21 bits per heavy atom. The number of anilines is 1. The summed E-state index contributed by atoms with van der Waals surface area (Å²) < 4.78 is 3.89. The van der Waals surface area contributed by atoms with Gasteiger partial charge < -0.3 is 4.57 Å². The number of hydrogen-bond donors (Lipinski definition) is 1. The van der Waals surface area contributed by atoms with Gasteiger partial charge in [-0.3, -0.25) is 10.1 Å². The SMILES string of the molecule is CCCn1c(NC(=O)c2cc(C)nc3c2cnn3C(C)C)nc2ccccc21. The fourth-order valence-corrected chi connectivity index (χ4v) is 3.50. The maximum absolute atomic E-state index is 13.2. The van der Waals surface area contributed by atoms with Gasteiger partial charge in [0.2, 0.25) is 5.95 Å². The number of carbonyl (C=O) groups excluding carboxylic acids is 1. The maximum Gasteiger partial charge on any atom is 0.258 e. The number of pyridine rings is 1. The number of aromatic nitrogens is 5. The summed E-state index contributed by atoms with van der Waals surface area (Å²) >= 11 is 0. The maximum atomic E-state index is 13.2. The molecule has 0 saturated heterocycles. The average molecular weight is 376 g/mol. The van der Waals surface area contributed by atoms with Gasteiger partial charge in [0.05, 0.1) is 28.2 Å². The minimum atomic E-state index is -0.202. The largest absolute Gasteiger partial charge is 0.310 e. The van der Waals surface area contributed by atoms with Crippen LogP contribution in [0.25, 0.3) is 22.1 Å². The number of nitrogens with one attached hydrogen (secondary N) is 1. The highest BCUT2D eigenvalue weighted by atomic mass is 16.1. The van der Waals surface area contributed by atoms with E-state index in [1.54, 1.807) is 12.3 Å². The van der Waals surface area contributed by atoms with E-state index in [0.717, 1.165) is 40.7 Å². The summed E-state index contributed by atoms with van der Waals surface area (Å²) in [6.07, 6.45) is 2.66. The van der Waals surface area contributed by atoms with Crippen LogP contribution in [-0.2, 0) is 6.54 Å². The Labute approximate surface area is 163 Å². The number of rotatable bonds is 5. The topological polar surface area (TPSA) is 77.6 Å². The molecule has 0 saturated carbocycles. The van der Waals surface area contributed by atoms with E-state index in [2.05, 4.69) is 31.9 Å². The second kappa shape index (κ2) is 7.07. The molecule has 1 aromatic carbocycles. The Morgan fingerprint density at radius 3 is 2.75 bits per heavy atom. The van der Waals surface area contributed by atoms with Gasteiger partial charge in [0.15, 0.2) is 5.65 Å². The number of amides is 1. The van der Waals surface area contributed by atoms with Crippen molar-refractivity contribution in [1.82, 2.24) is 24.3 Å². The molecule has 0 spiro atoms. The number of hydrogen-bond acceptors (Lipinski definition) is 4. The second-order valence-corrected chi connectivity index (χ2v) is 7.26. The van der Waals surface area contributed by atoms with Gasteiger partial charge in [-0.1, -0.05) is 19.1 Å². The minimum Gasteiger partial charge on any atom is -0.310 e. The first kappa shape index (κ1) is 18.2. The molecular formula is C21H24N6O. The molecule has 4 aromatic rings. The molecule has 0 bridgehead atoms. The van der Waals surface area contributed by atoms with Crippen molar-refractivity contribution in [3.05, 3.63) is 47.8 Å². The molecule has 7 nitrogen and oxygen atoms in total. The van der Waals surface area contributed by atoms with E-state index in [9.17, 15) is 4.79 Å². The van der Waals surface area contributed by atoms with Gasteiger partial charge in [-0.25, -0.2) is 14.6 Å². The van der Waals surface area contributed by atoms with Crippen molar-refractivity contribution in [3.63, 3.8) is 0 Å². The van der Waals surface area contributed by atoms with Crippen molar-refractivity contribution < 1.29 is 4.79 Å². The fraction of sp³-hybridized carbons (Fsp3) is 0.333. The van der Waals surface area contributed by atoms with Crippen molar-refractivity contribution in [2.45, 2.75) is 46.7 Å². The molecule has 0 radical (unpaired) electrons. The highest BCUT2D eigenvalue weighted by Crippen LogP contribution is 2.24. The molecule has 1 N–H and O–H groups in total. The normalized spacial score (nSPS) is 11.6.